The van der Waals surface area contributed by atoms with Crippen LogP contribution in [0, 0.1) is 11.8 Å². The van der Waals surface area contributed by atoms with Crippen molar-refractivity contribution in [2.45, 2.75) is 83.3 Å². The second kappa shape index (κ2) is 6.61. The number of rotatable bonds is 5. The molecule has 18 heavy (non-hydrogen) atoms. The van der Waals surface area contributed by atoms with Crippen LogP contribution in [0.1, 0.15) is 71.6 Å². The van der Waals surface area contributed by atoms with E-state index in [0.717, 1.165) is 11.8 Å². The summed E-state index contributed by atoms with van der Waals surface area (Å²) in [7, 11) is 0. The van der Waals surface area contributed by atoms with E-state index in [2.05, 4.69) is 13.8 Å². The van der Waals surface area contributed by atoms with Crippen LogP contribution in [0.3, 0.4) is 0 Å². The molecule has 0 bridgehead atoms. The lowest BCUT2D eigenvalue weighted by Gasteiger charge is -2.33. The molecule has 1 spiro atoms. The molecule has 1 aliphatic carbocycles. The lowest BCUT2D eigenvalue weighted by Crippen LogP contribution is -2.32. The number of hydrogen-bond acceptors (Lipinski definition) is 1. The molecule has 1 saturated carbocycles. The standard InChI is InChI=1S/C16H29ClO/c1-13(2)10-14(12-17)11-15-6-9-16(18-15)7-4-3-5-8-16/h13-15H,3-12H2,1-2H3. The molecule has 0 aromatic heterocycles. The first-order valence-corrected chi connectivity index (χ1v) is 8.41. The first-order valence-electron chi connectivity index (χ1n) is 7.87. The Morgan fingerprint density at radius 3 is 2.50 bits per heavy atom. The maximum atomic E-state index is 6.45. The van der Waals surface area contributed by atoms with Gasteiger partial charge in [0, 0.05) is 5.88 Å². The normalized spacial score (nSPS) is 29.0. The Bertz CT molecular complexity index is 245. The van der Waals surface area contributed by atoms with Gasteiger partial charge < -0.3 is 4.74 Å². The molecule has 2 aliphatic rings. The molecule has 0 aromatic rings. The molecule has 1 saturated heterocycles. The lowest BCUT2D eigenvalue weighted by molar-refractivity contribution is -0.0696. The van der Waals surface area contributed by atoms with E-state index in [0.29, 0.717) is 12.0 Å². The minimum atomic E-state index is 0.275. The summed E-state index contributed by atoms with van der Waals surface area (Å²) in [6, 6.07) is 0. The van der Waals surface area contributed by atoms with E-state index in [9.17, 15) is 0 Å². The Morgan fingerprint density at radius 1 is 1.17 bits per heavy atom. The molecule has 2 fully saturated rings. The van der Waals surface area contributed by atoms with E-state index in [1.807, 2.05) is 0 Å². The van der Waals surface area contributed by atoms with Gasteiger partial charge in [0.05, 0.1) is 11.7 Å². The Labute approximate surface area is 118 Å². The summed E-state index contributed by atoms with van der Waals surface area (Å²) in [5.41, 5.74) is 0.275. The molecule has 0 aromatic carbocycles. The van der Waals surface area contributed by atoms with Crippen LogP contribution in [0.15, 0.2) is 0 Å². The van der Waals surface area contributed by atoms with Crippen LogP contribution in [0.5, 0.6) is 0 Å². The number of alkyl halides is 1. The predicted octanol–water partition coefficient (Wildman–Crippen LogP) is 5.16. The van der Waals surface area contributed by atoms with Gasteiger partial charge >= 0.3 is 0 Å². The van der Waals surface area contributed by atoms with Crippen molar-refractivity contribution in [2.75, 3.05) is 5.88 Å². The van der Waals surface area contributed by atoms with E-state index in [1.165, 1.54) is 57.8 Å². The van der Waals surface area contributed by atoms with Crippen molar-refractivity contribution < 1.29 is 4.74 Å². The second-order valence-electron chi connectivity index (χ2n) is 6.91. The molecule has 0 radical (unpaired) electrons. The van der Waals surface area contributed by atoms with Crippen LogP contribution in [-0.4, -0.2) is 17.6 Å². The summed E-state index contributed by atoms with van der Waals surface area (Å²) in [4.78, 5) is 0. The minimum Gasteiger partial charge on any atom is -0.372 e. The molecular weight excluding hydrogens is 244 g/mol. The van der Waals surface area contributed by atoms with E-state index in [1.54, 1.807) is 0 Å². The van der Waals surface area contributed by atoms with Gasteiger partial charge in [0.15, 0.2) is 0 Å². The van der Waals surface area contributed by atoms with Crippen LogP contribution < -0.4 is 0 Å². The topological polar surface area (TPSA) is 9.23 Å². The predicted molar refractivity (Wildman–Crippen MR) is 78.2 cm³/mol. The highest BCUT2D eigenvalue weighted by Gasteiger charge is 2.41. The highest BCUT2D eigenvalue weighted by molar-refractivity contribution is 6.18. The fourth-order valence-electron chi connectivity index (χ4n) is 3.89. The van der Waals surface area contributed by atoms with Crippen molar-refractivity contribution in [1.29, 1.82) is 0 Å². The van der Waals surface area contributed by atoms with Gasteiger partial charge in [0.1, 0.15) is 0 Å². The van der Waals surface area contributed by atoms with Crippen LogP contribution in [0.4, 0.5) is 0 Å². The van der Waals surface area contributed by atoms with Gasteiger partial charge in [-0.25, -0.2) is 0 Å². The maximum Gasteiger partial charge on any atom is 0.0687 e. The Balaban J connectivity index is 1.80. The van der Waals surface area contributed by atoms with Crippen LogP contribution in [0.2, 0.25) is 0 Å². The van der Waals surface area contributed by atoms with Crippen molar-refractivity contribution in [3.63, 3.8) is 0 Å². The number of halogens is 1. The zero-order chi connectivity index (χ0) is 13.0. The van der Waals surface area contributed by atoms with Crippen molar-refractivity contribution >= 4 is 11.6 Å². The SMILES string of the molecule is CC(C)CC(CCl)CC1CCC2(CCCCC2)O1. The molecule has 1 aliphatic heterocycles. The summed E-state index contributed by atoms with van der Waals surface area (Å²) in [6.45, 7) is 4.58. The van der Waals surface area contributed by atoms with Crippen molar-refractivity contribution in [3.05, 3.63) is 0 Å². The third-order valence-corrected chi connectivity index (χ3v) is 5.16. The van der Waals surface area contributed by atoms with Gasteiger partial charge in [-0.3, -0.25) is 0 Å². The Hall–Kier alpha value is 0.250. The molecule has 1 nitrogen and oxygen atoms in total. The quantitative estimate of drug-likeness (QED) is 0.628. The average molecular weight is 273 g/mol. The zero-order valence-corrected chi connectivity index (χ0v) is 12.8. The fraction of sp³-hybridized carbons (Fsp3) is 1.00. The van der Waals surface area contributed by atoms with Crippen LogP contribution >= 0.6 is 11.6 Å². The molecule has 2 rings (SSSR count). The summed E-state index contributed by atoms with van der Waals surface area (Å²) in [6.07, 6.45) is 12.3. The summed E-state index contributed by atoms with van der Waals surface area (Å²) >= 11 is 6.11. The molecule has 106 valence electrons. The van der Waals surface area contributed by atoms with Gasteiger partial charge in [0.25, 0.3) is 0 Å². The number of hydrogen-bond donors (Lipinski definition) is 0. The highest BCUT2D eigenvalue weighted by Crippen LogP contribution is 2.43. The van der Waals surface area contributed by atoms with E-state index in [4.69, 9.17) is 16.3 Å². The largest absolute Gasteiger partial charge is 0.372 e. The summed E-state index contributed by atoms with van der Waals surface area (Å²) in [5, 5.41) is 0. The van der Waals surface area contributed by atoms with E-state index < -0.39 is 0 Å². The number of ether oxygens (including phenoxy) is 1. The Morgan fingerprint density at radius 2 is 1.89 bits per heavy atom. The first-order chi connectivity index (χ1) is 8.63. The van der Waals surface area contributed by atoms with Gasteiger partial charge in [-0.2, -0.15) is 0 Å². The summed E-state index contributed by atoms with van der Waals surface area (Å²) < 4.78 is 6.45. The van der Waals surface area contributed by atoms with Gasteiger partial charge in [-0.15, -0.1) is 11.6 Å². The van der Waals surface area contributed by atoms with Gasteiger partial charge in [0.2, 0.25) is 0 Å². The second-order valence-corrected chi connectivity index (χ2v) is 7.22. The van der Waals surface area contributed by atoms with Gasteiger partial charge in [-0.1, -0.05) is 33.1 Å². The molecule has 1 heterocycles. The Kier molecular flexibility index (Phi) is 5.38. The third kappa shape index (κ3) is 3.87. The zero-order valence-electron chi connectivity index (χ0n) is 12.1. The molecule has 2 heteroatoms. The van der Waals surface area contributed by atoms with Crippen molar-refractivity contribution in [3.8, 4) is 0 Å². The van der Waals surface area contributed by atoms with Crippen molar-refractivity contribution in [1.82, 2.24) is 0 Å². The summed E-state index contributed by atoms with van der Waals surface area (Å²) in [5.74, 6) is 2.19. The molecule has 2 unspecified atom stereocenters. The lowest BCUT2D eigenvalue weighted by atomic mass is 9.83. The highest BCUT2D eigenvalue weighted by atomic mass is 35.5. The first kappa shape index (κ1) is 14.7. The fourth-order valence-corrected chi connectivity index (χ4v) is 4.14. The smallest absolute Gasteiger partial charge is 0.0687 e. The van der Waals surface area contributed by atoms with Crippen molar-refractivity contribution in [2.24, 2.45) is 11.8 Å². The van der Waals surface area contributed by atoms with E-state index in [-0.39, 0.29) is 5.60 Å². The molecule has 0 amide bonds. The molecular formula is C16H29ClO. The van der Waals surface area contributed by atoms with Gasteiger partial charge in [-0.05, 0) is 50.4 Å². The maximum absolute atomic E-state index is 6.45. The minimum absolute atomic E-state index is 0.275. The molecule has 0 N–H and O–H groups in total. The average Bonchev–Trinajstić information content (AvgIpc) is 2.71. The van der Waals surface area contributed by atoms with E-state index >= 15 is 0 Å². The van der Waals surface area contributed by atoms with Crippen LogP contribution in [0.25, 0.3) is 0 Å². The monoisotopic (exact) mass is 272 g/mol. The molecule has 2 atom stereocenters. The third-order valence-electron chi connectivity index (χ3n) is 4.72. The van der Waals surface area contributed by atoms with Crippen LogP contribution in [-0.2, 0) is 4.74 Å².